The highest BCUT2D eigenvalue weighted by molar-refractivity contribution is 6.12. The first-order valence-electron chi connectivity index (χ1n) is 41.3. The highest BCUT2D eigenvalue weighted by atomic mass is 16.2. The normalized spacial score (nSPS) is 21.9. The zero-order valence-electron chi connectivity index (χ0n) is 69.8. The van der Waals surface area contributed by atoms with E-state index in [4.69, 9.17) is 9.97 Å². The molecule has 6 aliphatic rings. The predicted molar refractivity (Wildman–Crippen MR) is 478 cm³/mol. The van der Waals surface area contributed by atoms with Crippen molar-refractivity contribution in [1.29, 1.82) is 0 Å². The molecule has 11 aromatic rings. The van der Waals surface area contributed by atoms with E-state index in [2.05, 4.69) is 276 Å². The molecule has 0 spiro atoms. The van der Waals surface area contributed by atoms with Crippen molar-refractivity contribution >= 4 is 92.7 Å². The quantitative estimate of drug-likeness (QED) is 0.0562. The Kier molecular flexibility index (Phi) is 18.6. The summed E-state index contributed by atoms with van der Waals surface area (Å²) in [4.78, 5) is 81.9. The van der Waals surface area contributed by atoms with Crippen LogP contribution in [-0.4, -0.2) is 43.6 Å². The summed E-state index contributed by atoms with van der Waals surface area (Å²) in [7, 11) is 0. The molecule has 0 radical (unpaired) electrons. The SMILES string of the molecule is CC(C)(C)c1cc(-c2c3nc(c(-c4c(NC(=O)[C@@H]5C[C@@]5(C)c5ccccc5)cccc4NC(=O)[C@@H]4C[C@@]4(C)c4ccccc4)c4ccc([nH]4)c(-c4cc(C(C)(C)C)cc(C(C)(C)C)c4)c4nc(c(-c5c(NC(=O)[C@@H]6C[C@@]6(C)c6ccccc6)cccc5NC(=O)[C@@H]5C[C@@]5(C)c5ccccc5)c5ccc2[nH]5)C=C4)C=C3)cc(C(C)(C)C)c1. The third kappa shape index (κ3) is 14.1. The molecule has 12 nitrogen and oxygen atoms in total. The predicted octanol–water partition coefficient (Wildman–Crippen LogP) is 24.2. The van der Waals surface area contributed by atoms with Gasteiger partial charge >= 0.3 is 0 Å². The molecular formula is C104H106N8O4. The van der Waals surface area contributed by atoms with Crippen molar-refractivity contribution in [3.05, 3.63) is 286 Å². The Morgan fingerprint density at radius 1 is 0.293 bits per heavy atom. The molecule has 4 aliphatic carbocycles. The zero-order chi connectivity index (χ0) is 81.6. The number of hydrogen-bond acceptors (Lipinski definition) is 6. The Morgan fingerprint density at radius 2 is 0.517 bits per heavy atom. The number of anilines is 4. The van der Waals surface area contributed by atoms with E-state index in [-0.39, 0.29) is 69.0 Å². The van der Waals surface area contributed by atoms with E-state index in [0.717, 1.165) is 77.8 Å². The zero-order valence-corrected chi connectivity index (χ0v) is 69.8. The Balaban J connectivity index is 0.969. The van der Waals surface area contributed by atoms with Gasteiger partial charge in [0.2, 0.25) is 23.6 Å². The van der Waals surface area contributed by atoms with E-state index in [1.54, 1.807) is 0 Å². The van der Waals surface area contributed by atoms with Gasteiger partial charge in [0.25, 0.3) is 0 Å². The topological polar surface area (TPSA) is 174 Å². The van der Waals surface area contributed by atoms with Crippen molar-refractivity contribution in [3.8, 4) is 44.5 Å². The summed E-state index contributed by atoms with van der Waals surface area (Å²) in [5.74, 6) is -1.83. The van der Waals surface area contributed by atoms with Crippen LogP contribution in [0, 0.1) is 23.7 Å². The molecule has 0 unspecified atom stereocenters. The minimum atomic E-state index is -0.394. The van der Waals surface area contributed by atoms with Gasteiger partial charge in [-0.2, -0.15) is 0 Å². The number of H-pyrrole nitrogens is 2. The molecule has 12 heteroatoms. The third-order valence-electron chi connectivity index (χ3n) is 26.3. The average Bonchev–Trinajstić information content (AvgIpc) is 1.58. The first kappa shape index (κ1) is 76.8. The largest absolute Gasteiger partial charge is 0.354 e. The number of nitrogens with zero attached hydrogens (tertiary/aromatic N) is 2. The minimum absolute atomic E-state index is 0.121. The maximum absolute atomic E-state index is 15.5. The van der Waals surface area contributed by atoms with Crippen molar-refractivity contribution < 1.29 is 19.2 Å². The summed E-state index contributed by atoms with van der Waals surface area (Å²) >= 11 is 0. The Morgan fingerprint density at radius 3 is 0.750 bits per heavy atom. The van der Waals surface area contributed by atoms with Gasteiger partial charge in [-0.1, -0.05) is 281 Å². The second kappa shape index (κ2) is 28.0. The van der Waals surface area contributed by atoms with Gasteiger partial charge < -0.3 is 31.2 Å². The Labute approximate surface area is 682 Å². The van der Waals surface area contributed by atoms with Crippen LogP contribution in [-0.2, 0) is 62.5 Å². The number of benzene rings is 8. The molecule has 8 atom stereocenters. The summed E-state index contributed by atoms with van der Waals surface area (Å²) < 4.78 is 0. The van der Waals surface area contributed by atoms with Crippen molar-refractivity contribution in [3.63, 3.8) is 0 Å². The maximum Gasteiger partial charge on any atom is 0.228 e. The van der Waals surface area contributed by atoms with E-state index in [0.29, 0.717) is 104 Å². The lowest BCUT2D eigenvalue weighted by atomic mass is 9.78. The number of carbonyl (C=O) groups excluding carboxylic acids is 4. The van der Waals surface area contributed by atoms with Crippen molar-refractivity contribution in [1.82, 2.24) is 19.9 Å². The molecule has 8 bridgehead atoms. The van der Waals surface area contributed by atoms with Crippen molar-refractivity contribution in [2.75, 3.05) is 21.3 Å². The molecular weight excluding hydrogens is 1430 g/mol. The molecule has 116 heavy (non-hydrogen) atoms. The number of aromatic nitrogens is 4. The van der Waals surface area contributed by atoms with E-state index >= 15 is 19.2 Å². The van der Waals surface area contributed by atoms with Gasteiger partial charge in [-0.15, -0.1) is 0 Å². The van der Waals surface area contributed by atoms with Crippen LogP contribution in [0.15, 0.2) is 218 Å². The molecule has 6 N–H and O–H groups in total. The molecule has 4 amide bonds. The summed E-state index contributed by atoms with van der Waals surface area (Å²) in [5, 5.41) is 14.1. The molecule has 0 saturated heterocycles. The summed E-state index contributed by atoms with van der Waals surface area (Å²) in [6.45, 7) is 35.7. The van der Waals surface area contributed by atoms with Gasteiger partial charge in [0.1, 0.15) is 0 Å². The highest BCUT2D eigenvalue weighted by Crippen LogP contribution is 2.59. The number of hydrogen-bond donors (Lipinski definition) is 6. The van der Waals surface area contributed by atoms with Gasteiger partial charge in [0.05, 0.1) is 45.5 Å². The van der Waals surface area contributed by atoms with Crippen molar-refractivity contribution in [2.45, 2.75) is 180 Å². The first-order chi connectivity index (χ1) is 55.1. The second-order valence-corrected chi connectivity index (χ2v) is 38.7. The van der Waals surface area contributed by atoms with E-state index in [9.17, 15) is 0 Å². The molecule has 2 aliphatic heterocycles. The van der Waals surface area contributed by atoms with Gasteiger partial charge in [0, 0.05) is 101 Å². The van der Waals surface area contributed by atoms with Gasteiger partial charge in [-0.3, -0.25) is 19.2 Å². The number of nitrogens with one attached hydrogen (secondary N) is 6. The third-order valence-corrected chi connectivity index (χ3v) is 26.3. The molecule has 3 aromatic heterocycles. The van der Waals surface area contributed by atoms with E-state index in [1.165, 1.54) is 0 Å². The lowest BCUT2D eigenvalue weighted by Gasteiger charge is -2.26. The number of amides is 4. The highest BCUT2D eigenvalue weighted by Gasteiger charge is 2.59. The minimum Gasteiger partial charge on any atom is -0.354 e. The summed E-state index contributed by atoms with van der Waals surface area (Å²) in [6, 6.07) is 75.2. The molecule has 4 fully saturated rings. The fourth-order valence-corrected chi connectivity index (χ4v) is 18.1. The van der Waals surface area contributed by atoms with Crippen LogP contribution >= 0.6 is 0 Å². The Hall–Kier alpha value is -11.8. The molecule has 8 aromatic carbocycles. The number of fused-ring (bicyclic) bond motifs is 8. The van der Waals surface area contributed by atoms with E-state index in [1.807, 2.05) is 109 Å². The van der Waals surface area contributed by atoms with Crippen LogP contribution in [0.3, 0.4) is 0 Å². The van der Waals surface area contributed by atoms with Crippen molar-refractivity contribution in [2.24, 2.45) is 23.7 Å². The number of carbonyl (C=O) groups is 4. The van der Waals surface area contributed by atoms with Crippen LogP contribution in [0.5, 0.6) is 0 Å². The smallest absolute Gasteiger partial charge is 0.228 e. The van der Waals surface area contributed by atoms with Crippen LogP contribution < -0.4 is 21.3 Å². The lowest BCUT2D eigenvalue weighted by Crippen LogP contribution is -2.22. The first-order valence-corrected chi connectivity index (χ1v) is 41.3. The molecule has 4 saturated carbocycles. The fraction of sp³-hybridized carbons (Fsp3) is 0.308. The van der Waals surface area contributed by atoms with Crippen LogP contribution in [0.4, 0.5) is 22.7 Å². The molecule has 586 valence electrons. The van der Waals surface area contributed by atoms with Gasteiger partial charge in [-0.25, -0.2) is 9.97 Å². The number of rotatable bonds is 16. The Bertz CT molecular complexity index is 5460. The lowest BCUT2D eigenvalue weighted by molar-refractivity contribution is -0.118. The molecule has 17 rings (SSSR count). The average molecular weight is 1530 g/mol. The van der Waals surface area contributed by atoms with E-state index < -0.39 is 21.7 Å². The summed E-state index contributed by atoms with van der Waals surface area (Å²) in [5.41, 5.74) is 19.7. The van der Waals surface area contributed by atoms with Gasteiger partial charge in [-0.05, 0) is 176 Å². The van der Waals surface area contributed by atoms with Crippen LogP contribution in [0.1, 0.15) is 204 Å². The standard InChI is InChI=1S/C104H106N8O4/c1-97(2,3)67-51-61(52-68(55-67)98(4,5)6)87-79-43-47-83(105-79)91(89-75(109-93(113)71-57-101(71,13)63-31-21-17-22-32-63)39-29-40-76(89)110-94(114)72-58-102(72,14)64-33-23-18-24-34-64)85-49-45-81(107-85)88(62-53-69(99(7,8)9)56-70(54-62)100(10,11)12)82-46-50-86(108-82)92(84-48-44-80(87)106-84)90-77(111-95(115)73-59-103(73,15)65-35-25-19-26-36-65)41-30-42-78(90)112-96(116)74-60-104(74,16)66-37-27-20-28-38-66/h17-56,71-74,105,108H,57-60H2,1-16H3,(H,109,113)(H,110,114)(H,111,115)(H,112,116)/t71-,72-,73-,74-,101-,102-,103-,104-/m0/s1. The summed E-state index contributed by atoms with van der Waals surface area (Å²) in [6.07, 6.45) is 11.0. The maximum atomic E-state index is 15.5. The fourth-order valence-electron chi connectivity index (χ4n) is 18.1. The van der Waals surface area contributed by atoms with Crippen LogP contribution in [0.25, 0.3) is 90.9 Å². The number of aromatic amines is 2. The van der Waals surface area contributed by atoms with Crippen LogP contribution in [0.2, 0.25) is 0 Å². The van der Waals surface area contributed by atoms with Gasteiger partial charge in [0.15, 0.2) is 0 Å². The molecule has 5 heterocycles. The monoisotopic (exact) mass is 1530 g/mol. The second-order valence-electron chi connectivity index (χ2n) is 38.7.